The molecule has 0 unspecified atom stereocenters. The molecule has 0 amide bonds. The summed E-state index contributed by atoms with van der Waals surface area (Å²) >= 11 is 0. The Balaban J connectivity index is 2.25. The Kier molecular flexibility index (Phi) is 5.71. The number of carbonyl (C=O) groups is 1. The van der Waals surface area contributed by atoms with Gasteiger partial charge in [-0.3, -0.25) is 4.79 Å². The van der Waals surface area contributed by atoms with E-state index in [2.05, 4.69) is 0 Å². The Hall–Kier alpha value is -2.51. The first kappa shape index (κ1) is 18.8. The quantitative estimate of drug-likeness (QED) is 0.585. The van der Waals surface area contributed by atoms with Crippen LogP contribution >= 0.6 is 0 Å². The van der Waals surface area contributed by atoms with Gasteiger partial charge in [-0.15, -0.1) is 0 Å². The van der Waals surface area contributed by atoms with E-state index in [1.165, 1.54) is 69.8 Å². The Labute approximate surface area is 146 Å². The lowest BCUT2D eigenvalue weighted by Gasteiger charge is -2.11. The second-order valence-corrected chi connectivity index (χ2v) is 7.56. The average molecular weight is 363 g/mol. The van der Waals surface area contributed by atoms with Gasteiger partial charge in [-0.05, 0) is 35.9 Å². The summed E-state index contributed by atoms with van der Waals surface area (Å²) in [7, 11) is 0.585. The van der Waals surface area contributed by atoms with E-state index < -0.39 is 15.8 Å². The van der Waals surface area contributed by atoms with Crippen molar-refractivity contribution in [3.05, 3.63) is 65.5 Å². The summed E-state index contributed by atoms with van der Waals surface area (Å²) in [6.45, 7) is 0. The number of methoxy groups -OCH3 is 1. The Morgan fingerprint density at radius 3 is 2.48 bits per heavy atom. The van der Waals surface area contributed by atoms with Crippen molar-refractivity contribution in [1.82, 2.24) is 4.31 Å². The third-order valence-electron chi connectivity index (χ3n) is 3.50. The van der Waals surface area contributed by atoms with Crippen molar-refractivity contribution >= 4 is 21.9 Å². The largest absolute Gasteiger partial charge is 0.494 e. The summed E-state index contributed by atoms with van der Waals surface area (Å²) in [5.74, 6) is -0.798. The number of rotatable bonds is 6. The highest BCUT2D eigenvalue weighted by Crippen LogP contribution is 2.19. The number of hydrogen-bond acceptors (Lipinski definition) is 4. The van der Waals surface area contributed by atoms with Crippen LogP contribution in [-0.4, -0.2) is 39.7 Å². The lowest BCUT2D eigenvalue weighted by molar-refractivity contribution is 0.104. The molecular formula is C18H18FNO4S. The summed E-state index contributed by atoms with van der Waals surface area (Å²) in [4.78, 5) is 12.3. The van der Waals surface area contributed by atoms with E-state index >= 15 is 0 Å². The van der Waals surface area contributed by atoms with Gasteiger partial charge in [0.15, 0.2) is 17.3 Å². The molecule has 0 aliphatic carbocycles. The molecule has 0 radical (unpaired) electrons. The highest BCUT2D eigenvalue weighted by molar-refractivity contribution is 7.89. The molecule has 2 aromatic carbocycles. The van der Waals surface area contributed by atoms with Gasteiger partial charge in [0.1, 0.15) is 0 Å². The number of carbonyl (C=O) groups excluding carboxylic acids is 1. The standard InChI is InChI=1S/C18H18FNO4S/c1-20(2)25(22,23)15-6-4-5-14(12-15)17(21)9-7-13-8-10-18(24-3)16(19)11-13/h4-12H,1-3H3. The van der Waals surface area contributed by atoms with Crippen LogP contribution in [0, 0.1) is 5.82 Å². The van der Waals surface area contributed by atoms with Gasteiger partial charge >= 0.3 is 0 Å². The molecule has 2 aromatic rings. The molecule has 2 rings (SSSR count). The predicted octanol–water partition coefficient (Wildman–Crippen LogP) is 2.98. The normalized spacial score (nSPS) is 11.9. The number of ketones is 1. The van der Waals surface area contributed by atoms with E-state index in [0.717, 1.165) is 4.31 Å². The second kappa shape index (κ2) is 7.58. The van der Waals surface area contributed by atoms with Crippen LogP contribution in [0.25, 0.3) is 6.08 Å². The molecule has 0 spiro atoms. The molecule has 25 heavy (non-hydrogen) atoms. The predicted molar refractivity (Wildman–Crippen MR) is 93.6 cm³/mol. The number of ether oxygens (including phenoxy) is 1. The molecule has 0 fully saturated rings. The molecule has 0 aliphatic rings. The van der Waals surface area contributed by atoms with Crippen LogP contribution in [0.4, 0.5) is 4.39 Å². The third kappa shape index (κ3) is 4.32. The van der Waals surface area contributed by atoms with Crippen LogP contribution in [0.3, 0.4) is 0 Å². The molecule has 0 bridgehead atoms. The zero-order valence-electron chi connectivity index (χ0n) is 14.1. The zero-order chi connectivity index (χ0) is 18.6. The minimum absolute atomic E-state index is 0.0345. The summed E-state index contributed by atoms with van der Waals surface area (Å²) in [6, 6.07) is 10.1. The molecule has 0 heterocycles. The maximum absolute atomic E-state index is 13.6. The molecule has 0 N–H and O–H groups in total. The van der Waals surface area contributed by atoms with Gasteiger partial charge in [-0.25, -0.2) is 17.1 Å². The van der Waals surface area contributed by atoms with Crippen LogP contribution < -0.4 is 4.74 Å². The third-order valence-corrected chi connectivity index (χ3v) is 5.31. The fourth-order valence-electron chi connectivity index (χ4n) is 2.08. The SMILES string of the molecule is COc1ccc(C=CC(=O)c2cccc(S(=O)(=O)N(C)C)c2)cc1F. The molecule has 0 aromatic heterocycles. The van der Waals surface area contributed by atoms with Crippen molar-refractivity contribution < 1.29 is 22.3 Å². The van der Waals surface area contributed by atoms with Gasteiger partial charge in [-0.1, -0.05) is 24.3 Å². The first-order valence-electron chi connectivity index (χ1n) is 7.34. The lowest BCUT2D eigenvalue weighted by Crippen LogP contribution is -2.22. The Morgan fingerprint density at radius 2 is 1.88 bits per heavy atom. The van der Waals surface area contributed by atoms with Crippen molar-refractivity contribution in [2.24, 2.45) is 0 Å². The molecular weight excluding hydrogens is 345 g/mol. The maximum atomic E-state index is 13.6. The Morgan fingerprint density at radius 1 is 1.16 bits per heavy atom. The smallest absolute Gasteiger partial charge is 0.242 e. The van der Waals surface area contributed by atoms with E-state index in [-0.39, 0.29) is 22.0 Å². The van der Waals surface area contributed by atoms with E-state index in [0.29, 0.717) is 5.56 Å². The van der Waals surface area contributed by atoms with Crippen LogP contribution in [-0.2, 0) is 10.0 Å². The van der Waals surface area contributed by atoms with Crippen molar-refractivity contribution in [2.45, 2.75) is 4.90 Å². The average Bonchev–Trinajstić information content (AvgIpc) is 2.59. The van der Waals surface area contributed by atoms with E-state index in [4.69, 9.17) is 4.74 Å². The van der Waals surface area contributed by atoms with Crippen molar-refractivity contribution in [3.63, 3.8) is 0 Å². The van der Waals surface area contributed by atoms with Gasteiger partial charge in [0.05, 0.1) is 12.0 Å². The zero-order valence-corrected chi connectivity index (χ0v) is 14.9. The highest BCUT2D eigenvalue weighted by Gasteiger charge is 2.18. The van der Waals surface area contributed by atoms with Gasteiger partial charge in [0.25, 0.3) is 0 Å². The first-order valence-corrected chi connectivity index (χ1v) is 8.78. The molecule has 0 saturated carbocycles. The molecule has 5 nitrogen and oxygen atoms in total. The summed E-state index contributed by atoms with van der Waals surface area (Å²) in [6.07, 6.45) is 2.72. The molecule has 0 atom stereocenters. The van der Waals surface area contributed by atoms with E-state index in [1.54, 1.807) is 6.07 Å². The van der Waals surface area contributed by atoms with Crippen molar-refractivity contribution in [1.29, 1.82) is 0 Å². The van der Waals surface area contributed by atoms with Crippen molar-refractivity contribution in [3.8, 4) is 5.75 Å². The fourth-order valence-corrected chi connectivity index (χ4v) is 3.02. The number of hydrogen-bond donors (Lipinski definition) is 0. The number of benzene rings is 2. The van der Waals surface area contributed by atoms with Gasteiger partial charge in [-0.2, -0.15) is 0 Å². The molecule has 0 saturated heterocycles. The second-order valence-electron chi connectivity index (χ2n) is 5.41. The van der Waals surface area contributed by atoms with Crippen molar-refractivity contribution in [2.75, 3.05) is 21.2 Å². The lowest BCUT2D eigenvalue weighted by atomic mass is 10.1. The number of sulfonamides is 1. The Bertz CT molecular complexity index is 920. The summed E-state index contributed by atoms with van der Waals surface area (Å²) in [5.41, 5.74) is 0.719. The summed E-state index contributed by atoms with van der Waals surface area (Å²) in [5, 5.41) is 0. The van der Waals surface area contributed by atoms with Crippen LogP contribution in [0.1, 0.15) is 15.9 Å². The first-order chi connectivity index (χ1) is 11.8. The molecule has 0 aliphatic heterocycles. The minimum Gasteiger partial charge on any atom is -0.494 e. The van der Waals surface area contributed by atoms with E-state index in [1.807, 2.05) is 0 Å². The minimum atomic E-state index is -3.62. The monoisotopic (exact) mass is 363 g/mol. The van der Waals surface area contributed by atoms with Gasteiger partial charge in [0, 0.05) is 19.7 Å². The van der Waals surface area contributed by atoms with Crippen LogP contribution in [0.2, 0.25) is 0 Å². The van der Waals surface area contributed by atoms with Gasteiger partial charge < -0.3 is 4.74 Å². The van der Waals surface area contributed by atoms with E-state index in [9.17, 15) is 17.6 Å². The molecule has 132 valence electrons. The van der Waals surface area contributed by atoms with Gasteiger partial charge in [0.2, 0.25) is 10.0 Å². The highest BCUT2D eigenvalue weighted by atomic mass is 32.2. The summed E-state index contributed by atoms with van der Waals surface area (Å²) < 4.78 is 43.8. The number of nitrogens with zero attached hydrogens (tertiary/aromatic N) is 1. The molecule has 7 heteroatoms. The van der Waals surface area contributed by atoms with Crippen LogP contribution in [0.15, 0.2) is 53.4 Å². The number of halogens is 1. The maximum Gasteiger partial charge on any atom is 0.242 e. The number of allylic oxidation sites excluding steroid dienone is 1. The fraction of sp³-hybridized carbons (Fsp3) is 0.167. The van der Waals surface area contributed by atoms with Crippen LogP contribution in [0.5, 0.6) is 5.75 Å². The topological polar surface area (TPSA) is 63.7 Å².